The number of anilines is 1. The normalized spacial score (nSPS) is 11.2. The van der Waals surface area contributed by atoms with Gasteiger partial charge >= 0.3 is 0 Å². The van der Waals surface area contributed by atoms with Crippen LogP contribution >= 0.6 is 0 Å². The van der Waals surface area contributed by atoms with E-state index in [1.54, 1.807) is 18.2 Å². The Morgan fingerprint density at radius 1 is 1.08 bits per heavy atom. The summed E-state index contributed by atoms with van der Waals surface area (Å²) in [4.78, 5) is 4.30. The zero-order chi connectivity index (χ0) is 18.6. The third-order valence-electron chi connectivity index (χ3n) is 4.00. The second kappa shape index (κ2) is 7.52. The summed E-state index contributed by atoms with van der Waals surface area (Å²) in [5.74, 6) is -0.0439. The fourth-order valence-electron chi connectivity index (χ4n) is 2.62. The Bertz CT molecular complexity index is 1070. The molecule has 0 aliphatic rings. The highest BCUT2D eigenvalue weighted by Gasteiger charge is 2.09. The summed E-state index contributed by atoms with van der Waals surface area (Å²) < 4.78 is 25.5. The number of sulfonamides is 1. The van der Waals surface area contributed by atoms with Gasteiger partial charge in [-0.05, 0) is 30.3 Å². The average Bonchev–Trinajstić information content (AvgIpc) is 2.66. The highest BCUT2D eigenvalue weighted by molar-refractivity contribution is 7.88. The van der Waals surface area contributed by atoms with E-state index in [1.165, 1.54) is 7.05 Å². The van der Waals surface area contributed by atoms with E-state index >= 15 is 0 Å². The lowest BCUT2D eigenvalue weighted by Gasteiger charge is -2.11. The van der Waals surface area contributed by atoms with Crippen LogP contribution in [0.4, 0.5) is 5.69 Å². The highest BCUT2D eigenvalue weighted by Crippen LogP contribution is 2.23. The van der Waals surface area contributed by atoms with E-state index in [1.807, 2.05) is 36.4 Å². The van der Waals surface area contributed by atoms with Gasteiger partial charge in [-0.25, -0.2) is 18.1 Å². The molecule has 6 nitrogen and oxygen atoms in total. The van der Waals surface area contributed by atoms with Crippen LogP contribution in [0.5, 0.6) is 0 Å². The summed E-state index contributed by atoms with van der Waals surface area (Å²) >= 11 is 0. The van der Waals surface area contributed by atoms with Gasteiger partial charge in [0.2, 0.25) is 10.0 Å². The first kappa shape index (κ1) is 17.9. The molecule has 7 heteroatoms. The van der Waals surface area contributed by atoms with E-state index in [0.717, 1.165) is 27.7 Å². The molecular weight excluding hydrogens is 348 g/mol. The molecule has 0 spiro atoms. The van der Waals surface area contributed by atoms with Crippen molar-refractivity contribution in [1.29, 1.82) is 5.26 Å². The summed E-state index contributed by atoms with van der Waals surface area (Å²) in [7, 11) is -1.87. The molecule has 0 bridgehead atoms. The number of rotatable bonds is 6. The monoisotopic (exact) mass is 366 g/mol. The Morgan fingerprint density at radius 3 is 2.46 bits per heavy atom. The molecule has 0 fully saturated rings. The molecule has 2 N–H and O–H groups in total. The Morgan fingerprint density at radius 2 is 1.77 bits per heavy atom. The number of nitrogens with zero attached hydrogens (tertiary/aromatic N) is 2. The molecule has 2 aromatic carbocycles. The molecule has 0 amide bonds. The van der Waals surface area contributed by atoms with Crippen LogP contribution in [0.15, 0.2) is 54.6 Å². The van der Waals surface area contributed by atoms with Gasteiger partial charge in [0.05, 0.1) is 11.3 Å². The predicted molar refractivity (Wildman–Crippen MR) is 102 cm³/mol. The van der Waals surface area contributed by atoms with Crippen LogP contribution in [-0.4, -0.2) is 20.4 Å². The summed E-state index contributed by atoms with van der Waals surface area (Å²) in [5.41, 5.74) is 3.70. The minimum atomic E-state index is -3.28. The van der Waals surface area contributed by atoms with Crippen LogP contribution in [0.2, 0.25) is 0 Å². The molecule has 0 atom stereocenters. The van der Waals surface area contributed by atoms with E-state index in [4.69, 9.17) is 5.26 Å². The Balaban J connectivity index is 1.77. The summed E-state index contributed by atoms with van der Waals surface area (Å²) in [5, 5.41) is 13.4. The Kier molecular flexibility index (Phi) is 5.16. The number of para-hydroxylation sites is 1. The van der Waals surface area contributed by atoms with Crippen molar-refractivity contribution in [2.45, 2.75) is 12.3 Å². The number of fused-ring (bicyclic) bond motifs is 1. The average molecular weight is 366 g/mol. The minimum Gasteiger partial charge on any atom is -0.380 e. The maximum atomic E-state index is 11.6. The summed E-state index contributed by atoms with van der Waals surface area (Å²) in [6.07, 6.45) is 0. The van der Waals surface area contributed by atoms with Crippen molar-refractivity contribution in [3.63, 3.8) is 0 Å². The molecule has 3 rings (SSSR count). The zero-order valence-corrected chi connectivity index (χ0v) is 15.0. The summed E-state index contributed by atoms with van der Waals surface area (Å²) in [6, 6.07) is 18.8. The first-order valence-electron chi connectivity index (χ1n) is 8.03. The topological polar surface area (TPSA) is 94.9 Å². The van der Waals surface area contributed by atoms with E-state index in [2.05, 4.69) is 21.1 Å². The second-order valence-electron chi connectivity index (χ2n) is 5.82. The van der Waals surface area contributed by atoms with E-state index in [-0.39, 0.29) is 5.75 Å². The predicted octanol–water partition coefficient (Wildman–Crippen LogP) is 2.77. The van der Waals surface area contributed by atoms with E-state index in [9.17, 15) is 8.42 Å². The molecule has 1 aromatic heterocycles. The molecule has 132 valence electrons. The first-order valence-corrected chi connectivity index (χ1v) is 9.69. The van der Waals surface area contributed by atoms with Gasteiger partial charge in [0.25, 0.3) is 0 Å². The Labute approximate surface area is 152 Å². The number of nitrogens with one attached hydrogen (secondary N) is 2. The van der Waals surface area contributed by atoms with Gasteiger partial charge < -0.3 is 5.32 Å². The van der Waals surface area contributed by atoms with Gasteiger partial charge in [0.15, 0.2) is 0 Å². The van der Waals surface area contributed by atoms with Crippen LogP contribution in [0.1, 0.15) is 16.8 Å². The van der Waals surface area contributed by atoms with Crippen LogP contribution in [0.25, 0.3) is 10.9 Å². The Hall–Kier alpha value is -2.95. The smallest absolute Gasteiger partial charge is 0.215 e. The van der Waals surface area contributed by atoms with Crippen molar-refractivity contribution in [2.24, 2.45) is 0 Å². The quantitative estimate of drug-likeness (QED) is 0.699. The number of hydrogen-bond donors (Lipinski definition) is 2. The lowest BCUT2D eigenvalue weighted by Crippen LogP contribution is -2.20. The third kappa shape index (κ3) is 4.17. The molecule has 0 aliphatic heterocycles. The van der Waals surface area contributed by atoms with Crippen LogP contribution in [0.3, 0.4) is 0 Å². The molecule has 3 aromatic rings. The zero-order valence-electron chi connectivity index (χ0n) is 14.2. The molecule has 0 radical (unpaired) electrons. The molecule has 0 saturated heterocycles. The lowest BCUT2D eigenvalue weighted by atomic mass is 10.1. The van der Waals surface area contributed by atoms with Gasteiger partial charge in [-0.2, -0.15) is 5.26 Å². The van der Waals surface area contributed by atoms with Crippen molar-refractivity contribution in [3.8, 4) is 6.07 Å². The van der Waals surface area contributed by atoms with Gasteiger partial charge in [-0.1, -0.05) is 42.5 Å². The largest absolute Gasteiger partial charge is 0.380 e. The SMILES string of the molecule is CNS(=O)(=O)Cc1ccc(CNc2cc(C#N)nc3ccccc23)cc1. The van der Waals surface area contributed by atoms with Crippen molar-refractivity contribution in [1.82, 2.24) is 9.71 Å². The molecule has 0 unspecified atom stereocenters. The van der Waals surface area contributed by atoms with Crippen molar-refractivity contribution >= 4 is 26.6 Å². The molecule has 1 heterocycles. The van der Waals surface area contributed by atoms with Crippen molar-refractivity contribution < 1.29 is 8.42 Å². The van der Waals surface area contributed by atoms with Gasteiger partial charge in [-0.3, -0.25) is 0 Å². The molecule has 0 saturated carbocycles. The molecule has 26 heavy (non-hydrogen) atoms. The van der Waals surface area contributed by atoms with Crippen molar-refractivity contribution in [3.05, 3.63) is 71.4 Å². The lowest BCUT2D eigenvalue weighted by molar-refractivity contribution is 0.587. The van der Waals surface area contributed by atoms with E-state index < -0.39 is 10.0 Å². The fraction of sp³-hybridized carbons (Fsp3) is 0.158. The van der Waals surface area contributed by atoms with Crippen LogP contribution in [-0.2, 0) is 22.3 Å². The van der Waals surface area contributed by atoms with Gasteiger partial charge in [0.1, 0.15) is 11.8 Å². The fourth-order valence-corrected chi connectivity index (χ4v) is 3.40. The third-order valence-corrected chi connectivity index (χ3v) is 5.34. The summed E-state index contributed by atoms with van der Waals surface area (Å²) in [6.45, 7) is 0.554. The number of benzene rings is 2. The number of pyridine rings is 1. The van der Waals surface area contributed by atoms with Crippen LogP contribution in [0, 0.1) is 11.3 Å². The highest BCUT2D eigenvalue weighted by atomic mass is 32.2. The van der Waals surface area contributed by atoms with E-state index in [0.29, 0.717) is 12.2 Å². The van der Waals surface area contributed by atoms with Gasteiger partial charge in [-0.15, -0.1) is 0 Å². The maximum absolute atomic E-state index is 11.6. The van der Waals surface area contributed by atoms with Crippen LogP contribution < -0.4 is 10.0 Å². The molecule has 0 aliphatic carbocycles. The first-order chi connectivity index (χ1) is 12.5. The van der Waals surface area contributed by atoms with Gasteiger partial charge in [0, 0.05) is 17.6 Å². The minimum absolute atomic E-state index is 0.0439. The van der Waals surface area contributed by atoms with Crippen molar-refractivity contribution in [2.75, 3.05) is 12.4 Å². The number of nitriles is 1. The molecular formula is C19H18N4O2S. The standard InChI is InChI=1S/C19H18N4O2S/c1-21-26(24,25)13-15-8-6-14(7-9-15)12-22-19-10-16(11-20)23-18-5-3-2-4-17(18)19/h2-10,21H,12-13H2,1H3,(H,22,23). The maximum Gasteiger partial charge on any atom is 0.215 e. The number of aromatic nitrogens is 1. The number of hydrogen-bond acceptors (Lipinski definition) is 5. The second-order valence-corrected chi connectivity index (χ2v) is 7.74.